The van der Waals surface area contributed by atoms with Crippen LogP contribution in [0.1, 0.15) is 19.3 Å². The number of carboxylic acid groups (broad SMARTS) is 3. The average molecular weight is 319 g/mol. The van der Waals surface area contributed by atoms with E-state index in [9.17, 15) is 14.4 Å². The van der Waals surface area contributed by atoms with Crippen LogP contribution in [0.15, 0.2) is 0 Å². The number of rotatable bonds is 9. The van der Waals surface area contributed by atoms with Gasteiger partial charge in [-0.1, -0.05) is 0 Å². The van der Waals surface area contributed by atoms with E-state index in [1.54, 1.807) is 0 Å². The van der Waals surface area contributed by atoms with Gasteiger partial charge in [0.15, 0.2) is 0 Å². The molecule has 0 saturated heterocycles. The smallest absolute Gasteiger partial charge is 0.303 e. The molecule has 3 radical (unpaired) electrons. The first kappa shape index (κ1) is 28.9. The van der Waals surface area contributed by atoms with E-state index in [1.165, 1.54) is 0 Å². The fourth-order valence-electron chi connectivity index (χ4n) is 1.10. The van der Waals surface area contributed by atoms with Crippen LogP contribution in [0.4, 0.5) is 0 Å². The Balaban J connectivity index is -0.000000375. The number of carbonyl (C=O) groups is 3. The van der Waals surface area contributed by atoms with Gasteiger partial charge in [-0.25, -0.2) is 0 Å². The summed E-state index contributed by atoms with van der Waals surface area (Å²) in [4.78, 5) is 31.1. The van der Waals surface area contributed by atoms with E-state index < -0.39 is 25.8 Å². The van der Waals surface area contributed by atoms with Gasteiger partial charge in [0, 0.05) is 108 Å². The summed E-state index contributed by atoms with van der Waals surface area (Å²) in [6.07, 6.45) is 1.11. The summed E-state index contributed by atoms with van der Waals surface area (Å²) in [5, 5.41) is 25.5. The third-order valence-electron chi connectivity index (χ3n) is 1.93. The normalized spacial score (nSPS) is 8.68. The van der Waals surface area contributed by atoms with Gasteiger partial charge in [-0.3, -0.25) is 14.4 Å². The quantitative estimate of drug-likeness (QED) is 0.399. The van der Waals surface area contributed by atoms with Crippen LogP contribution >= 0.6 is 7.92 Å². The second-order valence-electron chi connectivity index (χ2n) is 3.27. The van der Waals surface area contributed by atoms with Gasteiger partial charge in [0.25, 0.3) is 0 Å². The van der Waals surface area contributed by atoms with E-state index in [0.717, 1.165) is 0 Å². The van der Waals surface area contributed by atoms with Gasteiger partial charge in [0.05, 0.1) is 0 Å². The number of aliphatic carboxylic acids is 3. The van der Waals surface area contributed by atoms with Crippen molar-refractivity contribution in [2.24, 2.45) is 0 Å². The van der Waals surface area contributed by atoms with Crippen LogP contribution in [0.2, 0.25) is 0 Å². The number of carboxylic acids is 3. The molecule has 0 saturated carbocycles. The van der Waals surface area contributed by atoms with Gasteiger partial charge >= 0.3 is 17.9 Å². The minimum atomic E-state index is -0.932. The first-order valence-corrected chi connectivity index (χ1v) is 6.69. The summed E-state index contributed by atoms with van der Waals surface area (Å²) in [5.41, 5.74) is 0. The molecule has 0 aliphatic rings. The third kappa shape index (κ3) is 22.3. The Hall–Kier alpha value is 1.84. The van der Waals surface area contributed by atoms with Gasteiger partial charge in [0.1, 0.15) is 0 Å². The second-order valence-corrected chi connectivity index (χ2v) is 5.96. The molecule has 0 bridgehead atoms. The van der Waals surface area contributed by atoms with Gasteiger partial charge in [-0.05, 0) is 18.5 Å². The Morgan fingerprint density at radius 1 is 0.632 bits per heavy atom. The Kier molecular flexibility index (Phi) is 27.2. The van der Waals surface area contributed by atoms with E-state index in [0.29, 0.717) is 18.5 Å². The van der Waals surface area contributed by atoms with Crippen molar-refractivity contribution in [2.45, 2.75) is 19.3 Å². The van der Waals surface area contributed by atoms with Crippen molar-refractivity contribution in [1.29, 1.82) is 0 Å². The molecule has 0 aromatic carbocycles. The molecule has 0 amide bonds. The molecule has 0 spiro atoms. The van der Waals surface area contributed by atoms with Crippen molar-refractivity contribution < 1.29 is 29.7 Å². The Morgan fingerprint density at radius 2 is 0.842 bits per heavy atom. The van der Waals surface area contributed by atoms with Crippen molar-refractivity contribution in [1.82, 2.24) is 0 Å². The molecule has 19 heavy (non-hydrogen) atoms. The molecule has 0 heterocycles. The molecule has 0 aliphatic carbocycles. The van der Waals surface area contributed by atoms with Crippen LogP contribution in [0.5, 0.6) is 0 Å². The molecule has 0 aliphatic heterocycles. The molecule has 10 heteroatoms. The van der Waals surface area contributed by atoms with Crippen molar-refractivity contribution in [3.8, 4) is 0 Å². The number of hydrogen-bond acceptors (Lipinski definition) is 3. The molecule has 0 atom stereocenters. The van der Waals surface area contributed by atoms with Crippen LogP contribution < -0.4 is 0 Å². The summed E-state index contributed by atoms with van der Waals surface area (Å²) in [6, 6.07) is 0. The van der Waals surface area contributed by atoms with Crippen LogP contribution in [0.25, 0.3) is 0 Å². The average Bonchev–Trinajstić information content (AvgIpc) is 2.15. The standard InChI is InChI=1S/C9H15O6P.3Na/c10-7(11)1-4-16(5-2-8(12)13)6-3-9(14)15;;;/h1-6H2,(H,10,11)(H,12,13)(H,14,15);;;. The van der Waals surface area contributed by atoms with Gasteiger partial charge in [-0.2, -0.15) is 0 Å². The maximum atomic E-state index is 10.4. The topological polar surface area (TPSA) is 112 Å². The molecule has 0 fully saturated rings. The zero-order chi connectivity index (χ0) is 12.6. The summed E-state index contributed by atoms with van der Waals surface area (Å²) in [7, 11) is -0.801. The molecular formula is C9H15Na3O6P. The van der Waals surface area contributed by atoms with Crippen LogP contribution in [0.3, 0.4) is 0 Å². The van der Waals surface area contributed by atoms with Gasteiger partial charge in [0.2, 0.25) is 0 Å². The zero-order valence-electron chi connectivity index (χ0n) is 11.8. The van der Waals surface area contributed by atoms with E-state index in [-0.39, 0.29) is 108 Å². The van der Waals surface area contributed by atoms with E-state index in [1.807, 2.05) is 0 Å². The molecule has 6 nitrogen and oxygen atoms in total. The fraction of sp³-hybridized carbons (Fsp3) is 0.667. The predicted molar refractivity (Wildman–Crippen MR) is 75.5 cm³/mol. The van der Waals surface area contributed by atoms with Gasteiger partial charge < -0.3 is 15.3 Å². The Bertz CT molecular complexity index is 234. The largest absolute Gasteiger partial charge is 0.481 e. The van der Waals surface area contributed by atoms with Crippen molar-refractivity contribution in [2.75, 3.05) is 18.5 Å². The van der Waals surface area contributed by atoms with Crippen molar-refractivity contribution in [3.05, 3.63) is 0 Å². The van der Waals surface area contributed by atoms with Gasteiger partial charge in [-0.15, -0.1) is 7.92 Å². The summed E-state index contributed by atoms with van der Waals surface area (Å²) in [6.45, 7) is 0. The van der Waals surface area contributed by atoms with Crippen LogP contribution in [-0.4, -0.2) is 140 Å². The third-order valence-corrected chi connectivity index (χ3v) is 4.49. The van der Waals surface area contributed by atoms with Crippen molar-refractivity contribution in [3.63, 3.8) is 0 Å². The first-order valence-electron chi connectivity index (χ1n) is 4.79. The molecular weight excluding hydrogens is 304 g/mol. The molecule has 95 valence electrons. The summed E-state index contributed by atoms with van der Waals surface area (Å²) >= 11 is 0. The van der Waals surface area contributed by atoms with Crippen molar-refractivity contribution >= 4 is 115 Å². The second kappa shape index (κ2) is 17.9. The molecule has 0 rings (SSSR count). The van der Waals surface area contributed by atoms with E-state index >= 15 is 0 Å². The number of hydrogen-bond donors (Lipinski definition) is 3. The Labute approximate surface area is 179 Å². The zero-order valence-corrected chi connectivity index (χ0v) is 18.7. The van der Waals surface area contributed by atoms with E-state index in [2.05, 4.69) is 0 Å². The minimum Gasteiger partial charge on any atom is -0.481 e. The predicted octanol–water partition coefficient (Wildman–Crippen LogP) is -0.250. The summed E-state index contributed by atoms with van der Waals surface area (Å²) < 4.78 is 0. The monoisotopic (exact) mass is 319 g/mol. The molecule has 0 unspecified atom stereocenters. The fourth-order valence-corrected chi connectivity index (χ4v) is 3.29. The minimum absolute atomic E-state index is 0. The maximum absolute atomic E-state index is 10.4. The first-order chi connectivity index (χ1) is 7.41. The molecule has 0 aromatic heterocycles. The molecule has 3 N–H and O–H groups in total. The SMILES string of the molecule is O=C(O)CCP(CCC(=O)O)CCC(=O)O.[Na].[Na].[Na]. The summed E-state index contributed by atoms with van der Waals surface area (Å²) in [5.74, 6) is -2.80. The van der Waals surface area contributed by atoms with Crippen LogP contribution in [-0.2, 0) is 14.4 Å². The Morgan fingerprint density at radius 3 is 1.00 bits per heavy atom. The van der Waals surface area contributed by atoms with E-state index in [4.69, 9.17) is 15.3 Å². The molecule has 0 aromatic rings. The van der Waals surface area contributed by atoms with Crippen LogP contribution in [0, 0.1) is 0 Å². The maximum Gasteiger partial charge on any atom is 0.303 e.